The molecule has 104 valence electrons. The first-order valence-electron chi connectivity index (χ1n) is 7.39. The standard InChI is InChI=1S/C16H24N2O/c1-13-3-4-14(16(12-17)5-2-6-16)15(11-13)18-7-9-19-10-8-18/h3-4,11H,2,5-10,12,17H2,1H3. The number of aryl methyl sites for hydroxylation is 1. The summed E-state index contributed by atoms with van der Waals surface area (Å²) in [4.78, 5) is 2.47. The van der Waals surface area contributed by atoms with Gasteiger partial charge in [0.1, 0.15) is 0 Å². The fourth-order valence-electron chi connectivity index (χ4n) is 3.34. The van der Waals surface area contributed by atoms with Crippen LogP contribution in [0.5, 0.6) is 0 Å². The largest absolute Gasteiger partial charge is 0.378 e. The van der Waals surface area contributed by atoms with Crippen LogP contribution in [-0.4, -0.2) is 32.8 Å². The van der Waals surface area contributed by atoms with Gasteiger partial charge in [0.25, 0.3) is 0 Å². The lowest BCUT2D eigenvalue weighted by molar-refractivity contribution is 0.122. The lowest BCUT2D eigenvalue weighted by Crippen LogP contribution is -2.44. The van der Waals surface area contributed by atoms with Gasteiger partial charge in [-0.25, -0.2) is 0 Å². The third-order valence-electron chi connectivity index (χ3n) is 4.78. The van der Waals surface area contributed by atoms with Gasteiger partial charge in [0, 0.05) is 30.7 Å². The maximum atomic E-state index is 6.09. The van der Waals surface area contributed by atoms with E-state index < -0.39 is 0 Å². The summed E-state index contributed by atoms with van der Waals surface area (Å²) in [6.45, 7) is 6.61. The average molecular weight is 260 g/mol. The SMILES string of the molecule is Cc1ccc(C2(CN)CCC2)c(N2CCOCC2)c1. The summed E-state index contributed by atoms with van der Waals surface area (Å²) < 4.78 is 5.48. The molecular weight excluding hydrogens is 236 g/mol. The zero-order valence-electron chi connectivity index (χ0n) is 11.8. The topological polar surface area (TPSA) is 38.5 Å². The number of ether oxygens (including phenoxy) is 1. The molecule has 1 aliphatic heterocycles. The third-order valence-corrected chi connectivity index (χ3v) is 4.78. The van der Waals surface area contributed by atoms with Crippen molar-refractivity contribution in [3.05, 3.63) is 29.3 Å². The van der Waals surface area contributed by atoms with E-state index in [4.69, 9.17) is 10.5 Å². The Morgan fingerprint density at radius 1 is 1.26 bits per heavy atom. The third kappa shape index (κ3) is 2.26. The Bertz CT molecular complexity index is 443. The van der Waals surface area contributed by atoms with Crippen LogP contribution in [0, 0.1) is 6.92 Å². The molecule has 0 spiro atoms. The fourth-order valence-corrected chi connectivity index (χ4v) is 3.34. The predicted molar refractivity (Wildman–Crippen MR) is 78.8 cm³/mol. The molecule has 1 aliphatic carbocycles. The second kappa shape index (κ2) is 5.14. The molecule has 1 aromatic rings. The number of anilines is 1. The van der Waals surface area contributed by atoms with E-state index in [0.717, 1.165) is 32.8 Å². The van der Waals surface area contributed by atoms with Crippen LogP contribution in [0.4, 0.5) is 5.69 Å². The molecule has 3 rings (SSSR count). The van der Waals surface area contributed by atoms with E-state index in [1.165, 1.54) is 36.1 Å². The first kappa shape index (κ1) is 12.9. The molecule has 2 fully saturated rings. The van der Waals surface area contributed by atoms with Crippen molar-refractivity contribution >= 4 is 5.69 Å². The van der Waals surface area contributed by atoms with Crippen molar-refractivity contribution in [2.45, 2.75) is 31.6 Å². The molecule has 0 atom stereocenters. The van der Waals surface area contributed by atoms with Gasteiger partial charge in [-0.15, -0.1) is 0 Å². The van der Waals surface area contributed by atoms with Crippen molar-refractivity contribution in [3.63, 3.8) is 0 Å². The highest BCUT2D eigenvalue weighted by atomic mass is 16.5. The molecule has 1 aromatic carbocycles. The molecule has 0 radical (unpaired) electrons. The van der Waals surface area contributed by atoms with Crippen molar-refractivity contribution in [1.82, 2.24) is 0 Å². The molecule has 0 amide bonds. The summed E-state index contributed by atoms with van der Waals surface area (Å²) in [6, 6.07) is 6.87. The quantitative estimate of drug-likeness (QED) is 0.905. The van der Waals surface area contributed by atoms with Crippen LogP contribution in [0.15, 0.2) is 18.2 Å². The molecule has 3 heteroatoms. The van der Waals surface area contributed by atoms with E-state index in [1.807, 2.05) is 0 Å². The summed E-state index contributed by atoms with van der Waals surface area (Å²) in [5.74, 6) is 0. The average Bonchev–Trinajstić information content (AvgIpc) is 2.40. The maximum absolute atomic E-state index is 6.09. The van der Waals surface area contributed by atoms with Crippen LogP contribution in [0.1, 0.15) is 30.4 Å². The molecule has 0 bridgehead atoms. The first-order valence-corrected chi connectivity index (χ1v) is 7.39. The molecule has 3 nitrogen and oxygen atoms in total. The van der Waals surface area contributed by atoms with Gasteiger partial charge >= 0.3 is 0 Å². The van der Waals surface area contributed by atoms with Gasteiger partial charge in [-0.2, -0.15) is 0 Å². The van der Waals surface area contributed by atoms with Gasteiger partial charge < -0.3 is 15.4 Å². The van der Waals surface area contributed by atoms with E-state index in [9.17, 15) is 0 Å². The lowest BCUT2D eigenvalue weighted by atomic mass is 9.64. The van der Waals surface area contributed by atoms with Gasteiger partial charge in [-0.3, -0.25) is 0 Å². The minimum absolute atomic E-state index is 0.237. The Kier molecular flexibility index (Phi) is 3.50. The van der Waals surface area contributed by atoms with Crippen LogP contribution >= 0.6 is 0 Å². The Morgan fingerprint density at radius 2 is 2.00 bits per heavy atom. The second-order valence-electron chi connectivity index (χ2n) is 5.96. The summed E-state index contributed by atoms with van der Waals surface area (Å²) in [7, 11) is 0. The van der Waals surface area contributed by atoms with Crippen molar-refractivity contribution in [2.24, 2.45) is 5.73 Å². The van der Waals surface area contributed by atoms with E-state index in [2.05, 4.69) is 30.0 Å². The van der Waals surface area contributed by atoms with Crippen LogP contribution in [0.2, 0.25) is 0 Å². The Morgan fingerprint density at radius 3 is 2.58 bits per heavy atom. The highest BCUT2D eigenvalue weighted by molar-refractivity contribution is 5.59. The van der Waals surface area contributed by atoms with Gasteiger partial charge in [0.15, 0.2) is 0 Å². The number of morpholine rings is 1. The number of hydrogen-bond donors (Lipinski definition) is 1. The molecule has 1 saturated heterocycles. The van der Waals surface area contributed by atoms with Crippen molar-refractivity contribution < 1.29 is 4.74 Å². The minimum Gasteiger partial charge on any atom is -0.378 e. The van der Waals surface area contributed by atoms with Gasteiger partial charge in [0.2, 0.25) is 0 Å². The summed E-state index contributed by atoms with van der Waals surface area (Å²) >= 11 is 0. The number of nitrogens with two attached hydrogens (primary N) is 1. The summed E-state index contributed by atoms with van der Waals surface area (Å²) in [5.41, 5.74) is 10.5. The van der Waals surface area contributed by atoms with Gasteiger partial charge in [-0.05, 0) is 37.0 Å². The summed E-state index contributed by atoms with van der Waals surface area (Å²) in [5, 5.41) is 0. The van der Waals surface area contributed by atoms with Gasteiger partial charge in [0.05, 0.1) is 13.2 Å². The zero-order chi connectivity index (χ0) is 13.3. The number of benzene rings is 1. The normalized spacial score (nSPS) is 22.1. The molecule has 1 heterocycles. The van der Waals surface area contributed by atoms with Crippen LogP contribution < -0.4 is 10.6 Å². The molecule has 19 heavy (non-hydrogen) atoms. The van der Waals surface area contributed by atoms with E-state index >= 15 is 0 Å². The second-order valence-corrected chi connectivity index (χ2v) is 5.96. The molecule has 1 saturated carbocycles. The molecule has 2 N–H and O–H groups in total. The fraction of sp³-hybridized carbons (Fsp3) is 0.625. The maximum Gasteiger partial charge on any atom is 0.0642 e. The first-order chi connectivity index (χ1) is 9.25. The molecular formula is C16H24N2O. The van der Waals surface area contributed by atoms with Gasteiger partial charge in [-0.1, -0.05) is 18.6 Å². The summed E-state index contributed by atoms with van der Waals surface area (Å²) in [6.07, 6.45) is 3.79. The Balaban J connectivity index is 1.98. The van der Waals surface area contributed by atoms with Crippen molar-refractivity contribution in [1.29, 1.82) is 0 Å². The van der Waals surface area contributed by atoms with Crippen LogP contribution in [0.25, 0.3) is 0 Å². The van der Waals surface area contributed by atoms with Crippen LogP contribution in [0.3, 0.4) is 0 Å². The lowest BCUT2D eigenvalue weighted by Gasteiger charge is -2.44. The molecule has 2 aliphatic rings. The monoisotopic (exact) mass is 260 g/mol. The molecule has 0 unspecified atom stereocenters. The number of nitrogens with zero attached hydrogens (tertiary/aromatic N) is 1. The van der Waals surface area contributed by atoms with E-state index in [0.29, 0.717) is 0 Å². The van der Waals surface area contributed by atoms with E-state index in [-0.39, 0.29) is 5.41 Å². The van der Waals surface area contributed by atoms with Crippen molar-refractivity contribution in [2.75, 3.05) is 37.7 Å². The Hall–Kier alpha value is -1.06. The highest BCUT2D eigenvalue weighted by Crippen LogP contribution is 2.46. The van der Waals surface area contributed by atoms with Crippen molar-refractivity contribution in [3.8, 4) is 0 Å². The highest BCUT2D eigenvalue weighted by Gasteiger charge is 2.39. The molecule has 0 aromatic heterocycles. The minimum atomic E-state index is 0.237. The smallest absolute Gasteiger partial charge is 0.0642 e. The van der Waals surface area contributed by atoms with Crippen LogP contribution in [-0.2, 0) is 10.2 Å². The Labute approximate surface area is 115 Å². The number of rotatable bonds is 3. The predicted octanol–water partition coefficient (Wildman–Crippen LogP) is 2.21. The number of hydrogen-bond acceptors (Lipinski definition) is 3. The zero-order valence-corrected chi connectivity index (χ0v) is 11.8. The van der Waals surface area contributed by atoms with E-state index in [1.54, 1.807) is 0 Å².